The Morgan fingerprint density at radius 3 is 2.95 bits per heavy atom. The predicted octanol–water partition coefficient (Wildman–Crippen LogP) is 2.89. The summed E-state index contributed by atoms with van der Waals surface area (Å²) in [5, 5.41) is 0. The van der Waals surface area contributed by atoms with E-state index in [4.69, 9.17) is 4.99 Å². The third-order valence-corrected chi connectivity index (χ3v) is 4.36. The van der Waals surface area contributed by atoms with Gasteiger partial charge in [0, 0.05) is 28.5 Å². The van der Waals surface area contributed by atoms with E-state index in [0.29, 0.717) is 12.1 Å². The largest absolute Gasteiger partial charge is 0.344 e. The normalized spacial score (nSPS) is 29.0. The Morgan fingerprint density at radius 1 is 1.32 bits per heavy atom. The van der Waals surface area contributed by atoms with Crippen LogP contribution in [0.25, 0.3) is 0 Å². The van der Waals surface area contributed by atoms with Crippen molar-refractivity contribution in [1.82, 2.24) is 9.88 Å². The van der Waals surface area contributed by atoms with Gasteiger partial charge in [-0.25, -0.2) is 0 Å². The standard InChI is InChI=1S/C15H14BrN3/c16-11-3-6-14-13(8-11)18-15(19(14)12-4-5-12)10-2-1-7-17-9-10/h1-3,6-9,12-14H,4-5H2. The second kappa shape index (κ2) is 4.30. The fourth-order valence-corrected chi connectivity index (χ4v) is 3.25. The van der Waals surface area contributed by atoms with Crippen LogP contribution in [-0.4, -0.2) is 33.8 Å². The Hall–Kier alpha value is -1.42. The number of hydrogen-bond acceptors (Lipinski definition) is 3. The van der Waals surface area contributed by atoms with Crippen LogP contribution in [0.15, 0.2) is 52.2 Å². The molecule has 4 rings (SSSR count). The van der Waals surface area contributed by atoms with Gasteiger partial charge in [-0.15, -0.1) is 0 Å². The number of hydrogen-bond donors (Lipinski definition) is 0. The molecular formula is C15H14BrN3. The van der Waals surface area contributed by atoms with Crippen molar-refractivity contribution < 1.29 is 0 Å². The first kappa shape index (κ1) is 11.4. The summed E-state index contributed by atoms with van der Waals surface area (Å²) in [7, 11) is 0. The molecule has 1 aliphatic heterocycles. The average Bonchev–Trinajstić information content (AvgIpc) is 3.20. The highest BCUT2D eigenvalue weighted by Gasteiger charge is 2.43. The molecule has 2 aliphatic carbocycles. The van der Waals surface area contributed by atoms with Crippen molar-refractivity contribution in [3.63, 3.8) is 0 Å². The number of aromatic nitrogens is 1. The van der Waals surface area contributed by atoms with E-state index in [0.717, 1.165) is 15.9 Å². The number of rotatable bonds is 2. The minimum Gasteiger partial charge on any atom is -0.344 e. The number of amidine groups is 1. The van der Waals surface area contributed by atoms with Crippen LogP contribution in [0.1, 0.15) is 18.4 Å². The lowest BCUT2D eigenvalue weighted by Crippen LogP contribution is -2.40. The molecule has 1 fully saturated rings. The van der Waals surface area contributed by atoms with E-state index in [1.165, 1.54) is 12.8 Å². The second-order valence-corrected chi connectivity index (χ2v) is 6.14. The zero-order valence-electron chi connectivity index (χ0n) is 10.4. The van der Waals surface area contributed by atoms with Crippen LogP contribution in [0.5, 0.6) is 0 Å². The molecule has 2 heterocycles. The third-order valence-electron chi connectivity index (χ3n) is 3.83. The van der Waals surface area contributed by atoms with Crippen molar-refractivity contribution in [1.29, 1.82) is 0 Å². The maximum atomic E-state index is 4.92. The summed E-state index contributed by atoms with van der Waals surface area (Å²) in [5.74, 6) is 1.11. The third kappa shape index (κ3) is 1.94. The monoisotopic (exact) mass is 315 g/mol. The van der Waals surface area contributed by atoms with Crippen LogP contribution in [0, 0.1) is 0 Å². The molecule has 0 aromatic carbocycles. The van der Waals surface area contributed by atoms with Gasteiger partial charge in [0.05, 0.1) is 12.1 Å². The van der Waals surface area contributed by atoms with Gasteiger partial charge in [0.25, 0.3) is 0 Å². The van der Waals surface area contributed by atoms with E-state index in [1.54, 1.807) is 0 Å². The Bertz CT molecular complexity index is 587. The molecule has 0 amide bonds. The lowest BCUT2D eigenvalue weighted by Gasteiger charge is -2.29. The number of pyridine rings is 1. The van der Waals surface area contributed by atoms with E-state index in [1.807, 2.05) is 18.5 Å². The summed E-state index contributed by atoms with van der Waals surface area (Å²) < 4.78 is 1.13. The van der Waals surface area contributed by atoms with Gasteiger partial charge in [-0.05, 0) is 31.1 Å². The number of halogens is 1. The van der Waals surface area contributed by atoms with Crippen molar-refractivity contribution in [2.75, 3.05) is 0 Å². The van der Waals surface area contributed by atoms with Crippen LogP contribution in [0.4, 0.5) is 0 Å². The summed E-state index contributed by atoms with van der Waals surface area (Å²) in [6, 6.07) is 5.34. The van der Waals surface area contributed by atoms with Gasteiger partial charge in [0.2, 0.25) is 0 Å². The zero-order chi connectivity index (χ0) is 12.8. The molecule has 1 aromatic rings. The highest BCUT2D eigenvalue weighted by Crippen LogP contribution is 2.38. The van der Waals surface area contributed by atoms with Gasteiger partial charge in [0.15, 0.2) is 0 Å². The van der Waals surface area contributed by atoms with Crippen molar-refractivity contribution in [2.24, 2.45) is 4.99 Å². The molecule has 96 valence electrons. The summed E-state index contributed by atoms with van der Waals surface area (Å²) in [6.45, 7) is 0. The molecule has 2 atom stereocenters. The number of fused-ring (bicyclic) bond motifs is 1. The molecule has 1 saturated carbocycles. The first-order valence-corrected chi connectivity index (χ1v) is 7.44. The smallest absolute Gasteiger partial charge is 0.133 e. The SMILES string of the molecule is BrC1=CC2N=C(c3cccnc3)N(C3CC3)C2C=C1. The predicted molar refractivity (Wildman–Crippen MR) is 79.4 cm³/mol. The minimum absolute atomic E-state index is 0.232. The molecule has 0 spiro atoms. The van der Waals surface area contributed by atoms with Crippen LogP contribution in [-0.2, 0) is 0 Å². The number of nitrogens with zero attached hydrogens (tertiary/aromatic N) is 3. The minimum atomic E-state index is 0.232. The molecule has 4 heteroatoms. The van der Waals surface area contributed by atoms with Crippen molar-refractivity contribution in [3.8, 4) is 0 Å². The molecule has 0 radical (unpaired) electrons. The fraction of sp³-hybridized carbons (Fsp3) is 0.333. The maximum absolute atomic E-state index is 4.92. The lowest BCUT2D eigenvalue weighted by atomic mass is 10.0. The first-order valence-electron chi connectivity index (χ1n) is 6.65. The zero-order valence-corrected chi connectivity index (χ0v) is 12.0. The van der Waals surface area contributed by atoms with Crippen molar-refractivity contribution >= 4 is 21.8 Å². The maximum Gasteiger partial charge on any atom is 0.133 e. The van der Waals surface area contributed by atoms with Crippen LogP contribution < -0.4 is 0 Å². The van der Waals surface area contributed by atoms with Crippen molar-refractivity contribution in [3.05, 3.63) is 52.8 Å². The van der Waals surface area contributed by atoms with Gasteiger partial charge < -0.3 is 4.90 Å². The highest BCUT2D eigenvalue weighted by molar-refractivity contribution is 9.11. The fourth-order valence-electron chi connectivity index (χ4n) is 2.83. The van der Waals surface area contributed by atoms with Crippen molar-refractivity contribution in [2.45, 2.75) is 31.0 Å². The second-order valence-electron chi connectivity index (χ2n) is 5.22. The topological polar surface area (TPSA) is 28.5 Å². The molecule has 3 aliphatic rings. The molecule has 19 heavy (non-hydrogen) atoms. The summed E-state index contributed by atoms with van der Waals surface area (Å²) in [6.07, 6.45) is 12.9. The summed E-state index contributed by atoms with van der Waals surface area (Å²) in [4.78, 5) is 11.6. The van der Waals surface area contributed by atoms with Crippen LogP contribution in [0.3, 0.4) is 0 Å². The van der Waals surface area contributed by atoms with Gasteiger partial charge >= 0.3 is 0 Å². The average molecular weight is 316 g/mol. The van der Waals surface area contributed by atoms with E-state index < -0.39 is 0 Å². The van der Waals surface area contributed by atoms with Gasteiger partial charge in [-0.1, -0.05) is 28.1 Å². The summed E-state index contributed by atoms with van der Waals surface area (Å²) in [5.41, 5.74) is 1.13. The van der Waals surface area contributed by atoms with E-state index in [-0.39, 0.29) is 6.04 Å². The molecule has 2 unspecified atom stereocenters. The quantitative estimate of drug-likeness (QED) is 0.839. The van der Waals surface area contributed by atoms with E-state index in [9.17, 15) is 0 Å². The summed E-state index contributed by atoms with van der Waals surface area (Å²) >= 11 is 3.55. The van der Waals surface area contributed by atoms with E-state index >= 15 is 0 Å². The van der Waals surface area contributed by atoms with Crippen LogP contribution >= 0.6 is 15.9 Å². The Labute approximate surface area is 120 Å². The molecule has 3 nitrogen and oxygen atoms in total. The molecule has 0 N–H and O–H groups in total. The molecule has 0 saturated heterocycles. The Morgan fingerprint density at radius 2 is 2.21 bits per heavy atom. The first-order chi connectivity index (χ1) is 9.33. The van der Waals surface area contributed by atoms with Gasteiger partial charge in [-0.2, -0.15) is 0 Å². The highest BCUT2D eigenvalue weighted by atomic mass is 79.9. The Balaban J connectivity index is 1.76. The molecule has 0 bridgehead atoms. The number of allylic oxidation sites excluding steroid dienone is 2. The lowest BCUT2D eigenvalue weighted by molar-refractivity contribution is 0.360. The van der Waals surface area contributed by atoms with Gasteiger partial charge in [0.1, 0.15) is 5.84 Å². The molecular weight excluding hydrogens is 302 g/mol. The molecule has 1 aromatic heterocycles. The van der Waals surface area contributed by atoms with Gasteiger partial charge in [-0.3, -0.25) is 9.98 Å². The number of aliphatic imine (C=N–C) groups is 1. The van der Waals surface area contributed by atoms with E-state index in [2.05, 4.69) is 50.1 Å². The Kier molecular flexibility index (Phi) is 2.58. The van der Waals surface area contributed by atoms with Crippen LogP contribution in [0.2, 0.25) is 0 Å².